The Morgan fingerprint density at radius 2 is 0.773 bits per heavy atom. The van der Waals surface area contributed by atoms with E-state index in [0.29, 0.717) is 0 Å². The summed E-state index contributed by atoms with van der Waals surface area (Å²) in [6, 6.07) is 0. The molecule has 0 aliphatic rings. The van der Waals surface area contributed by atoms with E-state index >= 15 is 0 Å². The van der Waals surface area contributed by atoms with E-state index in [1.807, 2.05) is 0 Å². The summed E-state index contributed by atoms with van der Waals surface area (Å²) < 4.78 is 13.9. The maximum absolute atomic E-state index is 10.1. The quantitative estimate of drug-likeness (QED) is 0.187. The SMILES string of the molecule is O=C(O)OC(OC(=O)O)(OC(=O)O)OC(=O)O.O=C([O-])O.[Na+]. The Morgan fingerprint density at radius 3 is 0.864 bits per heavy atom. The maximum atomic E-state index is 10.1. The van der Waals surface area contributed by atoms with Crippen LogP contribution in [0.2, 0.25) is 0 Å². The molecular weight excluding hydrogens is 335 g/mol. The normalized spacial score (nSPS) is 8.73. The minimum absolute atomic E-state index is 0. The predicted molar refractivity (Wildman–Crippen MR) is 47.2 cm³/mol. The molecule has 22 heavy (non-hydrogen) atoms. The Labute approximate surface area is 140 Å². The van der Waals surface area contributed by atoms with E-state index in [2.05, 4.69) is 18.9 Å². The molecule has 0 atom stereocenters. The van der Waals surface area contributed by atoms with Gasteiger partial charge in [-0.05, 0) is 0 Å². The van der Waals surface area contributed by atoms with Gasteiger partial charge in [0.1, 0.15) is 0 Å². The molecule has 0 saturated heterocycles. The summed E-state index contributed by atoms with van der Waals surface area (Å²) in [5.41, 5.74) is 0. The molecule has 0 unspecified atom stereocenters. The van der Waals surface area contributed by atoms with Gasteiger partial charge < -0.3 is 54.4 Å². The second kappa shape index (κ2) is 11.1. The van der Waals surface area contributed by atoms with Gasteiger partial charge in [-0.25, -0.2) is 19.2 Å². The Kier molecular flexibility index (Phi) is 12.3. The number of carboxylic acid groups (broad SMARTS) is 6. The van der Waals surface area contributed by atoms with Crippen LogP contribution in [-0.2, 0) is 18.9 Å². The van der Waals surface area contributed by atoms with E-state index in [9.17, 15) is 19.2 Å². The Hall–Kier alpha value is -2.65. The second-order valence-electron chi connectivity index (χ2n) is 2.24. The zero-order chi connectivity index (χ0) is 17.2. The van der Waals surface area contributed by atoms with Crippen molar-refractivity contribution in [2.45, 2.75) is 6.16 Å². The third-order valence-corrected chi connectivity index (χ3v) is 0.849. The van der Waals surface area contributed by atoms with Gasteiger partial charge in [0.25, 0.3) is 0 Å². The van der Waals surface area contributed by atoms with Crippen molar-refractivity contribution in [2.75, 3.05) is 0 Å². The zero-order valence-electron chi connectivity index (χ0n) is 10.3. The van der Waals surface area contributed by atoms with Crippen molar-refractivity contribution in [2.24, 2.45) is 0 Å². The van der Waals surface area contributed by atoms with Crippen molar-refractivity contribution in [3.63, 3.8) is 0 Å². The second-order valence-corrected chi connectivity index (χ2v) is 2.24. The molecule has 0 aliphatic heterocycles. The van der Waals surface area contributed by atoms with E-state index < -0.39 is 36.9 Å². The summed E-state index contributed by atoms with van der Waals surface area (Å²) in [5.74, 6) is 0. The molecule has 5 N–H and O–H groups in total. The van der Waals surface area contributed by atoms with E-state index in [4.69, 9.17) is 35.4 Å². The average molecular weight is 340 g/mol. The molecule has 16 heteroatoms. The summed E-state index contributed by atoms with van der Waals surface area (Å²) >= 11 is 0. The molecule has 0 aromatic carbocycles. The van der Waals surface area contributed by atoms with Crippen LogP contribution in [0.15, 0.2) is 0 Å². The summed E-state index contributed by atoms with van der Waals surface area (Å²) in [7, 11) is 0. The van der Waals surface area contributed by atoms with Gasteiger partial charge in [0.2, 0.25) is 6.16 Å². The van der Waals surface area contributed by atoms with Crippen LogP contribution in [0.3, 0.4) is 0 Å². The first-order valence-corrected chi connectivity index (χ1v) is 3.98. The molecule has 0 rings (SSSR count). The molecule has 0 aliphatic carbocycles. The third kappa shape index (κ3) is 15.4. The zero-order valence-corrected chi connectivity index (χ0v) is 12.3. The third-order valence-electron chi connectivity index (χ3n) is 0.849. The fraction of sp³-hybridized carbons (Fsp3) is 0.167. The topological polar surface area (TPSA) is 246 Å². The number of rotatable bonds is 4. The minimum Gasteiger partial charge on any atom is -0.565 e. The van der Waals surface area contributed by atoms with Crippen LogP contribution >= 0.6 is 0 Å². The van der Waals surface area contributed by atoms with Crippen molar-refractivity contribution in [1.82, 2.24) is 0 Å². The summed E-state index contributed by atoms with van der Waals surface area (Å²) in [6.07, 6.45) is -15.1. The number of ether oxygens (including phenoxy) is 4. The molecule has 0 radical (unpaired) electrons. The van der Waals surface area contributed by atoms with Gasteiger partial charge in [0.15, 0.2) is 0 Å². The molecule has 0 aromatic rings. The minimum atomic E-state index is -3.81. The number of hydrogen-bond donors (Lipinski definition) is 5. The van der Waals surface area contributed by atoms with Crippen molar-refractivity contribution in [3.05, 3.63) is 0 Å². The van der Waals surface area contributed by atoms with Crippen molar-refractivity contribution >= 4 is 30.8 Å². The molecule has 0 fully saturated rings. The van der Waals surface area contributed by atoms with Gasteiger partial charge in [-0.2, -0.15) is 0 Å². The monoisotopic (exact) mass is 340 g/mol. The van der Waals surface area contributed by atoms with Crippen LogP contribution < -0.4 is 34.7 Å². The van der Waals surface area contributed by atoms with Crippen LogP contribution in [0, 0.1) is 0 Å². The van der Waals surface area contributed by atoms with Crippen LogP contribution in [0.1, 0.15) is 0 Å². The Bertz CT molecular complexity index is 354. The Morgan fingerprint density at radius 1 is 0.636 bits per heavy atom. The average Bonchev–Trinajstić information content (AvgIpc) is 2.08. The van der Waals surface area contributed by atoms with Crippen LogP contribution in [0.5, 0.6) is 0 Å². The largest absolute Gasteiger partial charge is 1.00 e. The van der Waals surface area contributed by atoms with Gasteiger partial charge in [-0.1, -0.05) is 0 Å². The predicted octanol–water partition coefficient (Wildman–Crippen LogP) is -3.73. The fourth-order valence-corrected chi connectivity index (χ4v) is 0.553. The van der Waals surface area contributed by atoms with Gasteiger partial charge in [0.05, 0.1) is 0 Å². The van der Waals surface area contributed by atoms with Gasteiger partial charge in [-0.15, -0.1) is 0 Å². The van der Waals surface area contributed by atoms with E-state index in [1.165, 1.54) is 0 Å². The molecule has 0 spiro atoms. The van der Waals surface area contributed by atoms with Crippen molar-refractivity contribution < 1.29 is 103 Å². The molecule has 120 valence electrons. The fourth-order valence-electron chi connectivity index (χ4n) is 0.553. The maximum Gasteiger partial charge on any atom is 1.00 e. The molecule has 0 aromatic heterocycles. The number of hydrogen-bond acceptors (Lipinski definition) is 10. The number of carbonyl (C=O) groups is 5. The van der Waals surface area contributed by atoms with Crippen molar-refractivity contribution in [1.29, 1.82) is 0 Å². The van der Waals surface area contributed by atoms with E-state index in [0.717, 1.165) is 0 Å². The van der Waals surface area contributed by atoms with Gasteiger partial charge in [-0.3, -0.25) is 0 Å². The first kappa shape index (κ1) is 24.4. The molecule has 0 saturated carbocycles. The Balaban J connectivity index is -0.000000640. The summed E-state index contributed by atoms with van der Waals surface area (Å²) in [5, 5.41) is 47.9. The molecular formula is C6H5NaO15. The van der Waals surface area contributed by atoms with Crippen LogP contribution in [0.25, 0.3) is 0 Å². The summed E-state index contributed by atoms with van der Waals surface area (Å²) in [4.78, 5) is 48.9. The summed E-state index contributed by atoms with van der Waals surface area (Å²) in [6.45, 7) is 0. The molecule has 0 bridgehead atoms. The molecule has 0 heterocycles. The first-order chi connectivity index (χ1) is 9.40. The molecule has 0 amide bonds. The van der Waals surface area contributed by atoms with E-state index in [1.54, 1.807) is 0 Å². The molecule has 15 nitrogen and oxygen atoms in total. The van der Waals surface area contributed by atoms with E-state index in [-0.39, 0.29) is 29.6 Å². The van der Waals surface area contributed by atoms with Gasteiger partial charge in [0, 0.05) is 0 Å². The first-order valence-electron chi connectivity index (χ1n) is 3.98. The van der Waals surface area contributed by atoms with Crippen LogP contribution in [0.4, 0.5) is 24.0 Å². The standard InChI is InChI=1S/C5H4O12.CH2O3.Na/c6-1(7)14-5(15-2(8)9,16-3(10)11)17-4(12)13;2-1(3)4;/h(H,6,7)(H,8,9)(H,10,11)(H,12,13);(H2,2,3,4);/q;;+1/p-1. The van der Waals surface area contributed by atoms with Crippen LogP contribution in [-0.4, -0.2) is 62.5 Å². The van der Waals surface area contributed by atoms with Crippen molar-refractivity contribution in [3.8, 4) is 0 Å². The smallest absolute Gasteiger partial charge is 0.565 e. The van der Waals surface area contributed by atoms with Gasteiger partial charge >= 0.3 is 60.3 Å².